The van der Waals surface area contributed by atoms with Gasteiger partial charge in [0.2, 0.25) is 5.91 Å². The topological polar surface area (TPSA) is 75.4 Å². The molecule has 0 atom stereocenters. The number of phenols is 1. The molecular formula is C12H9F3N2O3. The molecule has 2 aromatic rings. The first-order valence-corrected chi connectivity index (χ1v) is 5.45. The largest absolute Gasteiger partial charge is 0.507 e. The Morgan fingerprint density at radius 3 is 2.70 bits per heavy atom. The smallest absolute Gasteiger partial charge is 0.420 e. The van der Waals surface area contributed by atoms with Crippen LogP contribution in [0.5, 0.6) is 5.75 Å². The standard InChI is InChI=1S/C12H9F3N2O3/c13-12(14,15)9-5-7(1-2-10(9)18)16-11(19)6-8-3-4-20-17-8/h1-5,18H,6H2,(H,16,19). The molecule has 0 saturated carbocycles. The fourth-order valence-electron chi connectivity index (χ4n) is 1.54. The summed E-state index contributed by atoms with van der Waals surface area (Å²) in [6.07, 6.45) is -3.54. The molecule has 8 heteroatoms. The van der Waals surface area contributed by atoms with Crippen molar-refractivity contribution in [3.05, 3.63) is 41.8 Å². The van der Waals surface area contributed by atoms with E-state index in [0.29, 0.717) is 11.8 Å². The Hall–Kier alpha value is -2.51. The normalized spacial score (nSPS) is 11.3. The molecule has 0 aliphatic carbocycles. The van der Waals surface area contributed by atoms with E-state index in [9.17, 15) is 18.0 Å². The second-order valence-corrected chi connectivity index (χ2v) is 3.95. The number of halogens is 3. The van der Waals surface area contributed by atoms with E-state index in [1.165, 1.54) is 18.4 Å². The third kappa shape index (κ3) is 3.28. The van der Waals surface area contributed by atoms with Crippen LogP contribution in [0.2, 0.25) is 0 Å². The predicted octanol–water partition coefficient (Wildman–Crippen LogP) is 2.58. The minimum absolute atomic E-state index is 0.0661. The van der Waals surface area contributed by atoms with Crippen LogP contribution in [0.3, 0.4) is 0 Å². The van der Waals surface area contributed by atoms with Crippen molar-refractivity contribution in [1.29, 1.82) is 0 Å². The number of nitrogens with one attached hydrogen (secondary N) is 1. The fraction of sp³-hybridized carbons (Fsp3) is 0.167. The quantitative estimate of drug-likeness (QED) is 0.850. The molecule has 0 spiro atoms. The van der Waals surface area contributed by atoms with Crippen LogP contribution in [-0.4, -0.2) is 16.2 Å². The highest BCUT2D eigenvalue weighted by atomic mass is 19.4. The van der Waals surface area contributed by atoms with Gasteiger partial charge >= 0.3 is 6.18 Å². The average molecular weight is 286 g/mol. The van der Waals surface area contributed by atoms with E-state index in [2.05, 4.69) is 15.0 Å². The van der Waals surface area contributed by atoms with Crippen molar-refractivity contribution < 1.29 is 27.6 Å². The van der Waals surface area contributed by atoms with Crippen molar-refractivity contribution >= 4 is 11.6 Å². The number of hydrogen-bond donors (Lipinski definition) is 2. The maximum Gasteiger partial charge on any atom is 0.420 e. The third-order valence-electron chi connectivity index (χ3n) is 2.42. The molecule has 1 aromatic heterocycles. The molecule has 0 aliphatic rings. The number of amides is 1. The van der Waals surface area contributed by atoms with Crippen molar-refractivity contribution in [3.63, 3.8) is 0 Å². The first-order valence-electron chi connectivity index (χ1n) is 5.45. The van der Waals surface area contributed by atoms with Crippen molar-refractivity contribution in [2.45, 2.75) is 12.6 Å². The van der Waals surface area contributed by atoms with Crippen LogP contribution in [0.1, 0.15) is 11.3 Å². The SMILES string of the molecule is O=C(Cc1ccon1)Nc1ccc(O)c(C(F)(F)F)c1. The maximum absolute atomic E-state index is 12.6. The Balaban J connectivity index is 2.12. The molecule has 2 rings (SSSR count). The van der Waals surface area contributed by atoms with E-state index < -0.39 is 23.4 Å². The number of anilines is 1. The van der Waals surface area contributed by atoms with Gasteiger partial charge in [0.25, 0.3) is 0 Å². The van der Waals surface area contributed by atoms with Crippen LogP contribution >= 0.6 is 0 Å². The Morgan fingerprint density at radius 2 is 2.10 bits per heavy atom. The summed E-state index contributed by atoms with van der Waals surface area (Å²) < 4.78 is 42.3. The zero-order valence-corrected chi connectivity index (χ0v) is 9.94. The zero-order chi connectivity index (χ0) is 14.8. The van der Waals surface area contributed by atoms with Gasteiger partial charge in [-0.15, -0.1) is 0 Å². The number of nitrogens with zero attached hydrogens (tertiary/aromatic N) is 1. The number of carbonyl (C=O) groups excluding carboxylic acids is 1. The molecule has 1 heterocycles. The van der Waals surface area contributed by atoms with Gasteiger partial charge in [0, 0.05) is 11.8 Å². The summed E-state index contributed by atoms with van der Waals surface area (Å²) in [6.45, 7) is 0. The highest BCUT2D eigenvalue weighted by Gasteiger charge is 2.34. The second kappa shape index (κ2) is 5.24. The Bertz CT molecular complexity index is 609. The first kappa shape index (κ1) is 13.9. The molecule has 1 amide bonds. The van der Waals surface area contributed by atoms with E-state index >= 15 is 0 Å². The number of aromatic nitrogens is 1. The molecule has 1 aromatic carbocycles. The number of phenolic OH excluding ortho intramolecular Hbond substituents is 1. The summed E-state index contributed by atoms with van der Waals surface area (Å²) in [7, 11) is 0. The molecule has 20 heavy (non-hydrogen) atoms. The van der Waals surface area contributed by atoms with Gasteiger partial charge in [-0.2, -0.15) is 13.2 Å². The summed E-state index contributed by atoms with van der Waals surface area (Å²) >= 11 is 0. The van der Waals surface area contributed by atoms with Crippen LogP contribution in [-0.2, 0) is 17.4 Å². The summed E-state index contributed by atoms with van der Waals surface area (Å²) in [4.78, 5) is 11.6. The van der Waals surface area contributed by atoms with Gasteiger partial charge < -0.3 is 14.9 Å². The van der Waals surface area contributed by atoms with E-state index in [4.69, 9.17) is 5.11 Å². The van der Waals surface area contributed by atoms with E-state index in [0.717, 1.165) is 6.07 Å². The number of benzene rings is 1. The average Bonchev–Trinajstić information content (AvgIpc) is 2.83. The molecular weight excluding hydrogens is 277 g/mol. The maximum atomic E-state index is 12.6. The Labute approximate surface area is 111 Å². The predicted molar refractivity (Wildman–Crippen MR) is 61.9 cm³/mol. The third-order valence-corrected chi connectivity index (χ3v) is 2.42. The number of alkyl halides is 3. The lowest BCUT2D eigenvalue weighted by molar-refractivity contribution is -0.138. The van der Waals surface area contributed by atoms with Crippen molar-refractivity contribution in [2.24, 2.45) is 0 Å². The van der Waals surface area contributed by atoms with Crippen LogP contribution < -0.4 is 5.32 Å². The summed E-state index contributed by atoms with van der Waals surface area (Å²) in [5.74, 6) is -1.44. The number of rotatable bonds is 3. The van der Waals surface area contributed by atoms with Gasteiger partial charge in [0.05, 0.1) is 17.7 Å². The molecule has 0 unspecified atom stereocenters. The summed E-state index contributed by atoms with van der Waals surface area (Å²) in [6, 6.07) is 4.17. The molecule has 0 bridgehead atoms. The van der Waals surface area contributed by atoms with E-state index in [-0.39, 0.29) is 12.1 Å². The minimum atomic E-state index is -4.70. The van der Waals surface area contributed by atoms with Crippen molar-refractivity contribution in [3.8, 4) is 5.75 Å². The highest BCUT2D eigenvalue weighted by molar-refractivity contribution is 5.92. The van der Waals surface area contributed by atoms with Crippen LogP contribution in [0.4, 0.5) is 18.9 Å². The minimum Gasteiger partial charge on any atom is -0.507 e. The van der Waals surface area contributed by atoms with E-state index in [1.807, 2.05) is 0 Å². The molecule has 5 nitrogen and oxygen atoms in total. The molecule has 0 fully saturated rings. The van der Waals surface area contributed by atoms with Crippen molar-refractivity contribution in [2.75, 3.05) is 5.32 Å². The van der Waals surface area contributed by atoms with Gasteiger partial charge in [-0.3, -0.25) is 4.79 Å². The molecule has 106 valence electrons. The number of aromatic hydroxyl groups is 1. The van der Waals surface area contributed by atoms with Gasteiger partial charge in [-0.05, 0) is 18.2 Å². The second-order valence-electron chi connectivity index (χ2n) is 3.95. The molecule has 0 saturated heterocycles. The fourth-order valence-corrected chi connectivity index (χ4v) is 1.54. The van der Waals surface area contributed by atoms with Gasteiger partial charge in [0.1, 0.15) is 12.0 Å². The van der Waals surface area contributed by atoms with E-state index in [1.54, 1.807) is 0 Å². The monoisotopic (exact) mass is 286 g/mol. The van der Waals surface area contributed by atoms with Crippen molar-refractivity contribution in [1.82, 2.24) is 5.16 Å². The van der Waals surface area contributed by atoms with Crippen LogP contribution in [0, 0.1) is 0 Å². The van der Waals surface area contributed by atoms with Gasteiger partial charge in [-0.25, -0.2) is 0 Å². The first-order chi connectivity index (χ1) is 9.36. The number of carbonyl (C=O) groups is 1. The molecule has 0 radical (unpaired) electrons. The van der Waals surface area contributed by atoms with Crippen LogP contribution in [0.15, 0.2) is 35.1 Å². The summed E-state index contributed by atoms with van der Waals surface area (Å²) in [5, 5.41) is 15.0. The molecule has 2 N–H and O–H groups in total. The van der Waals surface area contributed by atoms with Gasteiger partial charge in [-0.1, -0.05) is 5.16 Å². The van der Waals surface area contributed by atoms with Crippen LogP contribution in [0.25, 0.3) is 0 Å². The molecule has 0 aliphatic heterocycles. The lowest BCUT2D eigenvalue weighted by Gasteiger charge is -2.11. The lowest BCUT2D eigenvalue weighted by atomic mass is 10.1. The summed E-state index contributed by atoms with van der Waals surface area (Å²) in [5.41, 5.74) is -0.919. The Morgan fingerprint density at radius 1 is 1.35 bits per heavy atom. The lowest BCUT2D eigenvalue weighted by Crippen LogP contribution is -2.15. The highest BCUT2D eigenvalue weighted by Crippen LogP contribution is 2.37. The zero-order valence-electron chi connectivity index (χ0n) is 9.94. The number of hydrogen-bond acceptors (Lipinski definition) is 4. The Kier molecular flexibility index (Phi) is 3.64. The van der Waals surface area contributed by atoms with Gasteiger partial charge in [0.15, 0.2) is 0 Å².